The fourth-order valence-electron chi connectivity index (χ4n) is 2.97. The van der Waals surface area contributed by atoms with E-state index in [1.54, 1.807) is 30.3 Å². The molecule has 0 aliphatic carbocycles. The average Bonchev–Trinajstić information content (AvgIpc) is 2.73. The number of carbonyl (C=O) groups is 1. The molecule has 2 aromatic carbocycles. The lowest BCUT2D eigenvalue weighted by Crippen LogP contribution is -2.36. The van der Waals surface area contributed by atoms with E-state index < -0.39 is 10.8 Å². The van der Waals surface area contributed by atoms with E-state index in [2.05, 4.69) is 5.32 Å². The second kappa shape index (κ2) is 8.57. The topological polar surface area (TPSA) is 103 Å². The number of ether oxygens (including phenoxy) is 3. The van der Waals surface area contributed by atoms with Crippen molar-refractivity contribution in [2.45, 2.75) is 0 Å². The maximum atomic E-state index is 12.6. The number of nitrogens with one attached hydrogen (secondary N) is 1. The second-order valence-corrected chi connectivity index (χ2v) is 6.12. The van der Waals surface area contributed by atoms with E-state index in [4.69, 9.17) is 14.2 Å². The summed E-state index contributed by atoms with van der Waals surface area (Å²) < 4.78 is 15.7. The summed E-state index contributed by atoms with van der Waals surface area (Å²) >= 11 is 0. The maximum absolute atomic E-state index is 12.6. The Bertz CT molecular complexity index is 858. The zero-order valence-electron chi connectivity index (χ0n) is 15.6. The van der Waals surface area contributed by atoms with Crippen molar-refractivity contribution < 1.29 is 23.9 Å². The highest BCUT2D eigenvalue weighted by atomic mass is 16.6. The minimum Gasteiger partial charge on any atom is -0.497 e. The van der Waals surface area contributed by atoms with Gasteiger partial charge in [0.15, 0.2) is 0 Å². The molecule has 0 atom stereocenters. The molecule has 1 fully saturated rings. The monoisotopic (exact) mass is 387 g/mol. The molecule has 0 spiro atoms. The van der Waals surface area contributed by atoms with Gasteiger partial charge < -0.3 is 24.4 Å². The maximum Gasteiger partial charge on any atom is 0.293 e. The third-order valence-electron chi connectivity index (χ3n) is 4.40. The molecule has 1 saturated heterocycles. The number of hydrogen-bond donors (Lipinski definition) is 1. The van der Waals surface area contributed by atoms with E-state index in [1.807, 2.05) is 4.90 Å². The number of nitrogens with zero attached hydrogens (tertiary/aromatic N) is 2. The van der Waals surface area contributed by atoms with Gasteiger partial charge in [-0.1, -0.05) is 0 Å². The molecule has 1 amide bonds. The van der Waals surface area contributed by atoms with Crippen molar-refractivity contribution in [3.05, 3.63) is 52.1 Å². The van der Waals surface area contributed by atoms with Crippen LogP contribution in [0.3, 0.4) is 0 Å². The molecule has 0 unspecified atom stereocenters. The number of carbonyl (C=O) groups excluding carboxylic acids is 1. The molecular weight excluding hydrogens is 366 g/mol. The van der Waals surface area contributed by atoms with Gasteiger partial charge in [-0.25, -0.2) is 0 Å². The molecule has 28 heavy (non-hydrogen) atoms. The van der Waals surface area contributed by atoms with Crippen molar-refractivity contribution in [2.24, 2.45) is 0 Å². The number of amides is 1. The fraction of sp³-hybridized carbons (Fsp3) is 0.316. The minimum atomic E-state index is -0.476. The summed E-state index contributed by atoms with van der Waals surface area (Å²) in [4.78, 5) is 25.6. The number of morpholine rings is 1. The second-order valence-electron chi connectivity index (χ2n) is 6.12. The summed E-state index contributed by atoms with van der Waals surface area (Å²) in [5, 5.41) is 14.3. The summed E-state index contributed by atoms with van der Waals surface area (Å²) in [6.07, 6.45) is 0. The lowest BCUT2D eigenvalue weighted by Gasteiger charge is -2.28. The summed E-state index contributed by atoms with van der Waals surface area (Å²) in [6.45, 7) is 2.15. The van der Waals surface area contributed by atoms with Crippen molar-refractivity contribution in [3.8, 4) is 11.5 Å². The summed E-state index contributed by atoms with van der Waals surface area (Å²) in [6, 6.07) is 9.41. The van der Waals surface area contributed by atoms with Crippen LogP contribution in [0.5, 0.6) is 11.5 Å². The minimum absolute atomic E-state index is 0.113. The Morgan fingerprint density at radius 2 is 1.75 bits per heavy atom. The third-order valence-corrected chi connectivity index (χ3v) is 4.40. The van der Waals surface area contributed by atoms with Gasteiger partial charge in [0.05, 0.1) is 32.4 Å². The van der Waals surface area contributed by atoms with Crippen molar-refractivity contribution in [1.82, 2.24) is 0 Å². The van der Waals surface area contributed by atoms with Gasteiger partial charge in [-0.15, -0.1) is 0 Å². The highest BCUT2D eigenvalue weighted by Crippen LogP contribution is 2.31. The Hall–Kier alpha value is -3.33. The van der Waals surface area contributed by atoms with Gasteiger partial charge in [-0.3, -0.25) is 14.9 Å². The highest BCUT2D eigenvalue weighted by Gasteiger charge is 2.23. The Labute approximate surface area is 162 Å². The first-order valence-electron chi connectivity index (χ1n) is 8.67. The largest absolute Gasteiger partial charge is 0.497 e. The van der Waals surface area contributed by atoms with E-state index >= 15 is 0 Å². The van der Waals surface area contributed by atoms with E-state index in [1.165, 1.54) is 20.3 Å². The van der Waals surface area contributed by atoms with Gasteiger partial charge in [0.25, 0.3) is 11.6 Å². The number of hydrogen-bond acceptors (Lipinski definition) is 7. The van der Waals surface area contributed by atoms with Crippen molar-refractivity contribution >= 4 is 23.0 Å². The predicted molar refractivity (Wildman–Crippen MR) is 104 cm³/mol. The molecule has 9 nitrogen and oxygen atoms in total. The SMILES string of the molecule is COc1cc(NC(=O)c2ccc(N3CCOCC3)c([N+](=O)[O-])c2)cc(OC)c1. The molecule has 1 N–H and O–H groups in total. The van der Waals surface area contributed by atoms with Crippen LogP contribution < -0.4 is 19.7 Å². The van der Waals surface area contributed by atoms with Crippen LogP contribution in [0.2, 0.25) is 0 Å². The Morgan fingerprint density at radius 1 is 1.11 bits per heavy atom. The van der Waals surface area contributed by atoms with Gasteiger partial charge in [0.2, 0.25) is 0 Å². The van der Waals surface area contributed by atoms with Crippen LogP contribution in [0.25, 0.3) is 0 Å². The van der Waals surface area contributed by atoms with Gasteiger partial charge in [-0.2, -0.15) is 0 Å². The van der Waals surface area contributed by atoms with Crippen molar-refractivity contribution in [1.29, 1.82) is 0 Å². The van der Waals surface area contributed by atoms with Gasteiger partial charge in [0, 0.05) is 48.6 Å². The summed E-state index contributed by atoms with van der Waals surface area (Å²) in [7, 11) is 3.02. The van der Waals surface area contributed by atoms with Crippen LogP contribution in [0, 0.1) is 10.1 Å². The molecule has 2 aromatic rings. The first-order valence-corrected chi connectivity index (χ1v) is 8.67. The fourth-order valence-corrected chi connectivity index (χ4v) is 2.97. The van der Waals surface area contributed by atoms with Crippen LogP contribution in [0.15, 0.2) is 36.4 Å². The molecule has 0 saturated carbocycles. The molecular formula is C19H21N3O6. The first-order chi connectivity index (χ1) is 13.5. The molecule has 0 aromatic heterocycles. The molecule has 0 radical (unpaired) electrons. The lowest BCUT2D eigenvalue weighted by atomic mass is 10.1. The lowest BCUT2D eigenvalue weighted by molar-refractivity contribution is -0.384. The number of anilines is 2. The highest BCUT2D eigenvalue weighted by molar-refractivity contribution is 6.05. The molecule has 3 rings (SSSR count). The zero-order chi connectivity index (χ0) is 20.1. The van der Waals surface area contributed by atoms with Crippen molar-refractivity contribution in [3.63, 3.8) is 0 Å². The number of rotatable bonds is 6. The van der Waals surface area contributed by atoms with Gasteiger partial charge in [-0.05, 0) is 12.1 Å². The van der Waals surface area contributed by atoms with Crippen LogP contribution >= 0.6 is 0 Å². The number of methoxy groups -OCH3 is 2. The third kappa shape index (κ3) is 4.32. The average molecular weight is 387 g/mol. The van der Waals surface area contributed by atoms with Crippen LogP contribution in [-0.4, -0.2) is 51.4 Å². The standard InChI is InChI=1S/C19H21N3O6/c1-26-15-10-14(11-16(12-15)27-2)20-19(23)13-3-4-17(18(9-13)22(24)25)21-5-7-28-8-6-21/h3-4,9-12H,5-8H2,1-2H3,(H,20,23). The molecule has 0 bridgehead atoms. The van der Waals surface area contributed by atoms with Crippen LogP contribution in [0.1, 0.15) is 10.4 Å². The Morgan fingerprint density at radius 3 is 2.32 bits per heavy atom. The predicted octanol–water partition coefficient (Wildman–Crippen LogP) is 2.70. The normalized spacial score (nSPS) is 13.7. The van der Waals surface area contributed by atoms with Gasteiger partial charge >= 0.3 is 0 Å². The Balaban J connectivity index is 1.86. The van der Waals surface area contributed by atoms with Crippen LogP contribution in [0.4, 0.5) is 17.1 Å². The number of nitro benzene ring substituents is 1. The molecule has 1 heterocycles. The quantitative estimate of drug-likeness (QED) is 0.600. The molecule has 1 aliphatic heterocycles. The smallest absolute Gasteiger partial charge is 0.293 e. The van der Waals surface area contributed by atoms with Crippen LogP contribution in [-0.2, 0) is 4.74 Å². The summed E-state index contributed by atoms with van der Waals surface area (Å²) in [5.41, 5.74) is 1.01. The molecule has 148 valence electrons. The number of benzene rings is 2. The zero-order valence-corrected chi connectivity index (χ0v) is 15.6. The van der Waals surface area contributed by atoms with E-state index in [0.717, 1.165) is 0 Å². The summed E-state index contributed by atoms with van der Waals surface area (Å²) in [5.74, 6) is 0.568. The van der Waals surface area contributed by atoms with E-state index in [0.29, 0.717) is 49.2 Å². The van der Waals surface area contributed by atoms with Crippen molar-refractivity contribution in [2.75, 3.05) is 50.7 Å². The number of nitro groups is 1. The van der Waals surface area contributed by atoms with E-state index in [-0.39, 0.29) is 11.3 Å². The Kier molecular flexibility index (Phi) is 5.95. The molecule has 9 heteroatoms. The first kappa shape index (κ1) is 19.4. The molecule has 1 aliphatic rings. The van der Waals surface area contributed by atoms with Gasteiger partial charge in [0.1, 0.15) is 17.2 Å². The van der Waals surface area contributed by atoms with E-state index in [9.17, 15) is 14.9 Å².